The lowest BCUT2D eigenvalue weighted by Crippen LogP contribution is -2.43. The molecule has 1 aliphatic heterocycles. The number of rotatable bonds is 1. The van der Waals surface area contributed by atoms with E-state index >= 15 is 0 Å². The van der Waals surface area contributed by atoms with Gasteiger partial charge in [0.2, 0.25) is 0 Å². The molecule has 2 unspecified atom stereocenters. The molecule has 1 aliphatic rings. The van der Waals surface area contributed by atoms with Crippen molar-refractivity contribution < 1.29 is 5.11 Å². The molecule has 1 aromatic heterocycles. The van der Waals surface area contributed by atoms with Crippen LogP contribution < -0.4 is 4.90 Å². The second-order valence-electron chi connectivity index (χ2n) is 4.44. The van der Waals surface area contributed by atoms with Gasteiger partial charge in [-0.2, -0.15) is 0 Å². The molecule has 0 amide bonds. The van der Waals surface area contributed by atoms with Gasteiger partial charge in [0.05, 0.1) is 6.10 Å². The lowest BCUT2D eigenvalue weighted by atomic mass is 9.95. The molecule has 2 rings (SSSR count). The van der Waals surface area contributed by atoms with Gasteiger partial charge in [-0.05, 0) is 30.9 Å². The summed E-state index contributed by atoms with van der Waals surface area (Å²) in [4.78, 5) is 6.34. The van der Waals surface area contributed by atoms with Crippen LogP contribution in [0, 0.1) is 12.8 Å². The summed E-state index contributed by atoms with van der Waals surface area (Å²) in [6.45, 7) is 5.95. The number of hydrogen-bond acceptors (Lipinski definition) is 3. The van der Waals surface area contributed by atoms with Crippen molar-refractivity contribution in [2.75, 3.05) is 18.0 Å². The van der Waals surface area contributed by atoms with Crippen LogP contribution in [-0.2, 0) is 0 Å². The maximum atomic E-state index is 9.84. The normalized spacial score (nSPS) is 26.7. The van der Waals surface area contributed by atoms with Crippen molar-refractivity contribution in [2.45, 2.75) is 26.4 Å². The topological polar surface area (TPSA) is 36.4 Å². The van der Waals surface area contributed by atoms with Crippen LogP contribution in [0.5, 0.6) is 0 Å². The quantitative estimate of drug-likeness (QED) is 0.758. The summed E-state index contributed by atoms with van der Waals surface area (Å²) in [6, 6.07) is 2.03. The molecule has 2 heterocycles. The zero-order chi connectivity index (χ0) is 10.8. The molecular formula is C12H18N2O. The van der Waals surface area contributed by atoms with Crippen LogP contribution in [0.2, 0.25) is 0 Å². The van der Waals surface area contributed by atoms with Crippen molar-refractivity contribution >= 4 is 5.69 Å². The summed E-state index contributed by atoms with van der Waals surface area (Å²) in [5.41, 5.74) is 2.38. The number of aliphatic hydroxyl groups excluding tert-OH is 1. The highest BCUT2D eigenvalue weighted by Gasteiger charge is 2.24. The van der Waals surface area contributed by atoms with E-state index in [2.05, 4.69) is 23.7 Å². The Bertz CT molecular complexity index is 340. The molecule has 0 aromatic carbocycles. The van der Waals surface area contributed by atoms with Crippen LogP contribution in [0.25, 0.3) is 0 Å². The van der Waals surface area contributed by atoms with Gasteiger partial charge in [0.1, 0.15) is 0 Å². The van der Waals surface area contributed by atoms with Gasteiger partial charge < -0.3 is 10.0 Å². The Morgan fingerprint density at radius 3 is 3.00 bits per heavy atom. The van der Waals surface area contributed by atoms with Crippen LogP contribution in [0.3, 0.4) is 0 Å². The number of aryl methyl sites for hydroxylation is 1. The third-order valence-corrected chi connectivity index (χ3v) is 3.25. The molecule has 2 atom stereocenters. The maximum Gasteiger partial charge on any atom is 0.0741 e. The van der Waals surface area contributed by atoms with E-state index in [1.807, 2.05) is 18.5 Å². The number of aromatic nitrogens is 1. The average Bonchev–Trinajstić information content (AvgIpc) is 2.23. The first kappa shape index (κ1) is 10.4. The molecular weight excluding hydrogens is 188 g/mol. The molecule has 3 nitrogen and oxygen atoms in total. The molecule has 0 spiro atoms. The highest BCUT2D eigenvalue weighted by Crippen LogP contribution is 2.25. The summed E-state index contributed by atoms with van der Waals surface area (Å²) in [5, 5.41) is 9.84. The third-order valence-electron chi connectivity index (χ3n) is 3.25. The predicted octanol–water partition coefficient (Wildman–Crippen LogP) is 1.60. The van der Waals surface area contributed by atoms with E-state index in [9.17, 15) is 5.11 Å². The summed E-state index contributed by atoms with van der Waals surface area (Å²) in [5.74, 6) is 0.420. The Balaban J connectivity index is 2.15. The number of aliphatic hydroxyl groups is 1. The molecule has 0 saturated carbocycles. The Kier molecular flexibility index (Phi) is 2.91. The van der Waals surface area contributed by atoms with Crippen LogP contribution in [0.15, 0.2) is 18.5 Å². The number of β-amino-alcohol motifs (C(OH)–C–C–N with tert-alkyl or cyclic N) is 1. The molecule has 1 N–H and O–H groups in total. The second kappa shape index (κ2) is 4.19. The van der Waals surface area contributed by atoms with Crippen molar-refractivity contribution in [2.24, 2.45) is 5.92 Å². The number of piperidine rings is 1. The third kappa shape index (κ3) is 2.12. The van der Waals surface area contributed by atoms with Gasteiger partial charge in [-0.25, -0.2) is 0 Å². The summed E-state index contributed by atoms with van der Waals surface area (Å²) in [7, 11) is 0. The summed E-state index contributed by atoms with van der Waals surface area (Å²) < 4.78 is 0. The van der Waals surface area contributed by atoms with Crippen LogP contribution in [0.4, 0.5) is 5.69 Å². The minimum Gasteiger partial charge on any atom is -0.391 e. The van der Waals surface area contributed by atoms with E-state index in [1.54, 1.807) is 0 Å². The average molecular weight is 206 g/mol. The fourth-order valence-corrected chi connectivity index (χ4v) is 2.09. The zero-order valence-corrected chi connectivity index (χ0v) is 9.35. The molecule has 0 aliphatic carbocycles. The SMILES string of the molecule is Cc1cnccc1N1CCC(C)C(O)C1. The standard InChI is InChI=1S/C12H18N2O/c1-9-4-6-14(8-12(9)15)11-3-5-13-7-10(11)2/h3,5,7,9,12,15H,4,6,8H2,1-2H3. The lowest BCUT2D eigenvalue weighted by molar-refractivity contribution is 0.103. The van der Waals surface area contributed by atoms with Crippen LogP contribution in [0.1, 0.15) is 18.9 Å². The Hall–Kier alpha value is -1.09. The number of hydrogen-bond donors (Lipinski definition) is 1. The van der Waals surface area contributed by atoms with Crippen molar-refractivity contribution in [1.29, 1.82) is 0 Å². The van der Waals surface area contributed by atoms with Crippen LogP contribution in [-0.4, -0.2) is 29.3 Å². The second-order valence-corrected chi connectivity index (χ2v) is 4.44. The Labute approximate surface area is 90.8 Å². The van der Waals surface area contributed by atoms with Crippen molar-refractivity contribution in [3.05, 3.63) is 24.0 Å². The first-order chi connectivity index (χ1) is 7.18. The first-order valence-electron chi connectivity index (χ1n) is 5.52. The van der Waals surface area contributed by atoms with E-state index < -0.39 is 0 Å². The molecule has 1 saturated heterocycles. The molecule has 3 heteroatoms. The molecule has 1 fully saturated rings. The van der Waals surface area contributed by atoms with Crippen molar-refractivity contribution in [1.82, 2.24) is 4.98 Å². The Morgan fingerprint density at radius 1 is 1.53 bits per heavy atom. The van der Waals surface area contributed by atoms with Gasteiger partial charge in [-0.15, -0.1) is 0 Å². The first-order valence-corrected chi connectivity index (χ1v) is 5.52. The molecule has 0 radical (unpaired) electrons. The molecule has 0 bridgehead atoms. The minimum atomic E-state index is -0.202. The smallest absolute Gasteiger partial charge is 0.0741 e. The largest absolute Gasteiger partial charge is 0.391 e. The lowest BCUT2D eigenvalue weighted by Gasteiger charge is -2.36. The number of anilines is 1. The van der Waals surface area contributed by atoms with E-state index in [-0.39, 0.29) is 6.10 Å². The summed E-state index contributed by atoms with van der Waals surface area (Å²) >= 11 is 0. The van der Waals surface area contributed by atoms with Gasteiger partial charge in [-0.3, -0.25) is 4.98 Å². The molecule has 82 valence electrons. The number of pyridine rings is 1. The van der Waals surface area contributed by atoms with Gasteiger partial charge in [0.15, 0.2) is 0 Å². The zero-order valence-electron chi connectivity index (χ0n) is 9.35. The van der Waals surface area contributed by atoms with E-state index in [4.69, 9.17) is 0 Å². The molecule has 15 heavy (non-hydrogen) atoms. The van der Waals surface area contributed by atoms with Gasteiger partial charge >= 0.3 is 0 Å². The highest BCUT2D eigenvalue weighted by molar-refractivity contribution is 5.51. The minimum absolute atomic E-state index is 0.202. The fraction of sp³-hybridized carbons (Fsp3) is 0.583. The van der Waals surface area contributed by atoms with Crippen molar-refractivity contribution in [3.63, 3.8) is 0 Å². The highest BCUT2D eigenvalue weighted by atomic mass is 16.3. The van der Waals surface area contributed by atoms with Crippen molar-refractivity contribution in [3.8, 4) is 0 Å². The van der Waals surface area contributed by atoms with Gasteiger partial charge in [0, 0.05) is 31.2 Å². The van der Waals surface area contributed by atoms with E-state index in [0.29, 0.717) is 5.92 Å². The van der Waals surface area contributed by atoms with Crippen LogP contribution >= 0.6 is 0 Å². The molecule has 1 aromatic rings. The predicted molar refractivity (Wildman–Crippen MR) is 61.0 cm³/mol. The number of nitrogens with zero attached hydrogens (tertiary/aromatic N) is 2. The van der Waals surface area contributed by atoms with Gasteiger partial charge in [0.25, 0.3) is 0 Å². The Morgan fingerprint density at radius 2 is 2.33 bits per heavy atom. The monoisotopic (exact) mass is 206 g/mol. The maximum absolute atomic E-state index is 9.84. The van der Waals surface area contributed by atoms with E-state index in [0.717, 1.165) is 19.5 Å². The summed E-state index contributed by atoms with van der Waals surface area (Å²) in [6.07, 6.45) is 4.54. The fourth-order valence-electron chi connectivity index (χ4n) is 2.09. The van der Waals surface area contributed by atoms with E-state index in [1.165, 1.54) is 11.3 Å². The van der Waals surface area contributed by atoms with Gasteiger partial charge in [-0.1, -0.05) is 6.92 Å².